The summed E-state index contributed by atoms with van der Waals surface area (Å²) in [5, 5.41) is 44.4. The molecule has 1 heterocycles. The second kappa shape index (κ2) is 15.1. The zero-order chi connectivity index (χ0) is 33.7. The molecule has 1 saturated heterocycles. The molecular formula is C36H37BrN2O8. The van der Waals surface area contributed by atoms with Gasteiger partial charge in [-0.15, -0.1) is 0 Å². The molecule has 1 fully saturated rings. The number of imide groups is 1. The van der Waals surface area contributed by atoms with Gasteiger partial charge in [0.2, 0.25) is 11.8 Å². The molecule has 3 aromatic rings. The highest BCUT2D eigenvalue weighted by Crippen LogP contribution is 2.47. The van der Waals surface area contributed by atoms with E-state index in [1.807, 2.05) is 37.3 Å². The van der Waals surface area contributed by atoms with Crippen molar-refractivity contribution in [3.63, 3.8) is 0 Å². The first kappa shape index (κ1) is 34.0. The summed E-state index contributed by atoms with van der Waals surface area (Å²) >= 11 is 3.45. The lowest BCUT2D eigenvalue weighted by molar-refractivity contribution is -0.384. The molecule has 0 aromatic heterocycles. The summed E-state index contributed by atoms with van der Waals surface area (Å²) in [7, 11) is 0. The number of benzene rings is 3. The van der Waals surface area contributed by atoms with E-state index in [0.717, 1.165) is 27.8 Å². The minimum absolute atomic E-state index is 0.0397. The second-order valence-corrected chi connectivity index (χ2v) is 12.8. The maximum atomic E-state index is 13.9. The Labute approximate surface area is 281 Å². The molecule has 3 N–H and O–H groups in total. The number of allylic oxidation sites excluding steroid dienone is 1. The Morgan fingerprint density at radius 1 is 1.09 bits per heavy atom. The molecule has 2 aliphatic rings. The van der Waals surface area contributed by atoms with Crippen molar-refractivity contribution in [3.05, 3.63) is 110 Å². The van der Waals surface area contributed by atoms with Crippen molar-refractivity contribution < 1.29 is 34.6 Å². The van der Waals surface area contributed by atoms with Gasteiger partial charge in [-0.25, -0.2) is 4.90 Å². The number of hydrogen-bond donors (Lipinski definition) is 3. The number of aliphatic hydroxyl groups is 2. The number of halogens is 1. The Balaban J connectivity index is 1.47. The van der Waals surface area contributed by atoms with Gasteiger partial charge in [-0.3, -0.25) is 19.7 Å². The van der Waals surface area contributed by atoms with Crippen LogP contribution in [0.4, 0.5) is 11.4 Å². The van der Waals surface area contributed by atoms with E-state index in [0.29, 0.717) is 28.9 Å². The number of para-hydroxylation sites is 1. The fourth-order valence-corrected chi connectivity index (χ4v) is 7.09. The Kier molecular flexibility index (Phi) is 10.9. The van der Waals surface area contributed by atoms with Gasteiger partial charge in [0.1, 0.15) is 18.1 Å². The van der Waals surface area contributed by atoms with Crippen LogP contribution in [0.15, 0.2) is 94.0 Å². The van der Waals surface area contributed by atoms with Crippen LogP contribution in [0.2, 0.25) is 0 Å². The van der Waals surface area contributed by atoms with Crippen LogP contribution in [0.5, 0.6) is 11.5 Å². The lowest BCUT2D eigenvalue weighted by Crippen LogP contribution is -2.40. The number of anilines is 1. The van der Waals surface area contributed by atoms with Gasteiger partial charge < -0.3 is 20.1 Å². The van der Waals surface area contributed by atoms with Crippen molar-refractivity contribution in [2.24, 2.45) is 17.8 Å². The van der Waals surface area contributed by atoms with Crippen molar-refractivity contribution in [1.29, 1.82) is 0 Å². The van der Waals surface area contributed by atoms with E-state index in [1.165, 1.54) is 24.3 Å². The number of nitro groups is 1. The van der Waals surface area contributed by atoms with Crippen molar-refractivity contribution in [2.45, 2.75) is 45.1 Å². The molecule has 4 atom stereocenters. The minimum Gasteiger partial charge on any atom is -0.507 e. The van der Waals surface area contributed by atoms with Crippen LogP contribution in [0.3, 0.4) is 0 Å². The number of phenolic OH excluding ortho intramolecular Hbond substituents is 1. The summed E-state index contributed by atoms with van der Waals surface area (Å²) in [5.41, 5.74) is 2.62. The molecule has 0 unspecified atom stereocenters. The van der Waals surface area contributed by atoms with Crippen LogP contribution in [-0.4, -0.2) is 51.4 Å². The third-order valence-electron chi connectivity index (χ3n) is 8.85. The Hall–Kier alpha value is -4.32. The average molecular weight is 706 g/mol. The van der Waals surface area contributed by atoms with Gasteiger partial charge in [0.15, 0.2) is 0 Å². The van der Waals surface area contributed by atoms with E-state index < -0.39 is 47.2 Å². The molecule has 0 spiro atoms. The highest BCUT2D eigenvalue weighted by molar-refractivity contribution is 9.10. The number of aliphatic hydroxyl groups excluding tert-OH is 2. The number of non-ortho nitro benzene ring substituents is 1. The first-order valence-electron chi connectivity index (χ1n) is 15.6. The monoisotopic (exact) mass is 704 g/mol. The summed E-state index contributed by atoms with van der Waals surface area (Å²) in [6.07, 6.45) is 3.32. The number of nitro benzene ring substituents is 1. The number of carbonyl (C=O) groups is 2. The van der Waals surface area contributed by atoms with Crippen LogP contribution in [0.25, 0.3) is 6.08 Å². The number of nitrogens with zero attached hydrogens (tertiary/aromatic N) is 2. The third kappa shape index (κ3) is 7.48. The molecule has 2 amide bonds. The molecule has 0 radical (unpaired) electrons. The van der Waals surface area contributed by atoms with E-state index in [2.05, 4.69) is 15.9 Å². The maximum absolute atomic E-state index is 13.9. The summed E-state index contributed by atoms with van der Waals surface area (Å²) in [6, 6.07) is 19.6. The van der Waals surface area contributed by atoms with Gasteiger partial charge in [-0.05, 0) is 73.2 Å². The van der Waals surface area contributed by atoms with Crippen LogP contribution < -0.4 is 9.64 Å². The average Bonchev–Trinajstić information content (AvgIpc) is 3.32. The molecule has 1 aliphatic carbocycles. The molecule has 3 aromatic carbocycles. The van der Waals surface area contributed by atoms with E-state index in [4.69, 9.17) is 4.74 Å². The number of ether oxygens (including phenoxy) is 1. The van der Waals surface area contributed by atoms with E-state index >= 15 is 0 Å². The van der Waals surface area contributed by atoms with Crippen molar-refractivity contribution >= 4 is 45.2 Å². The Bertz CT molecular complexity index is 1710. The number of phenols is 1. The van der Waals surface area contributed by atoms with Crippen molar-refractivity contribution in [1.82, 2.24) is 0 Å². The van der Waals surface area contributed by atoms with E-state index in [9.17, 15) is 35.0 Å². The second-order valence-electron chi connectivity index (χ2n) is 11.9. The molecule has 10 nitrogen and oxygen atoms in total. The topological polar surface area (TPSA) is 150 Å². The van der Waals surface area contributed by atoms with E-state index in [1.54, 1.807) is 24.3 Å². The Morgan fingerprint density at radius 3 is 2.55 bits per heavy atom. The van der Waals surface area contributed by atoms with Crippen LogP contribution in [-0.2, 0) is 9.59 Å². The predicted octanol–water partition coefficient (Wildman–Crippen LogP) is 6.58. The highest BCUT2D eigenvalue weighted by atomic mass is 79.9. The molecule has 246 valence electrons. The lowest BCUT2D eigenvalue weighted by Gasteiger charge is -2.36. The fraction of sp³-hybridized carbons (Fsp3) is 0.333. The quantitative estimate of drug-likeness (QED) is 0.0782. The molecule has 5 rings (SSSR count). The Morgan fingerprint density at radius 2 is 1.85 bits per heavy atom. The van der Waals surface area contributed by atoms with Crippen molar-refractivity contribution in [3.8, 4) is 11.5 Å². The summed E-state index contributed by atoms with van der Waals surface area (Å²) in [4.78, 5) is 39.5. The predicted molar refractivity (Wildman–Crippen MR) is 181 cm³/mol. The first-order chi connectivity index (χ1) is 22.6. The fourth-order valence-electron chi connectivity index (χ4n) is 6.71. The van der Waals surface area contributed by atoms with Crippen LogP contribution in [0, 0.1) is 27.9 Å². The third-order valence-corrected chi connectivity index (χ3v) is 9.35. The number of amides is 2. The summed E-state index contributed by atoms with van der Waals surface area (Å²) in [5.74, 6) is -3.01. The van der Waals surface area contributed by atoms with Crippen LogP contribution in [0.1, 0.15) is 44.6 Å². The largest absolute Gasteiger partial charge is 0.507 e. The molecular weight excluding hydrogens is 668 g/mol. The smallest absolute Gasteiger partial charge is 0.271 e. The van der Waals surface area contributed by atoms with Gasteiger partial charge in [0.25, 0.3) is 5.69 Å². The summed E-state index contributed by atoms with van der Waals surface area (Å²) in [6.45, 7) is 1.59. The maximum Gasteiger partial charge on any atom is 0.271 e. The highest BCUT2D eigenvalue weighted by Gasteiger charge is 2.55. The molecule has 47 heavy (non-hydrogen) atoms. The molecule has 11 heteroatoms. The van der Waals surface area contributed by atoms with Gasteiger partial charge >= 0.3 is 0 Å². The number of fused-ring (bicyclic) bond motifs is 1. The van der Waals surface area contributed by atoms with Gasteiger partial charge in [-0.1, -0.05) is 65.2 Å². The summed E-state index contributed by atoms with van der Waals surface area (Å²) < 4.78 is 6.89. The molecule has 1 aliphatic heterocycles. The van der Waals surface area contributed by atoms with Gasteiger partial charge in [0.05, 0.1) is 35.2 Å². The first-order valence-corrected chi connectivity index (χ1v) is 16.4. The molecule has 0 saturated carbocycles. The number of carbonyl (C=O) groups excluding carboxylic acids is 2. The van der Waals surface area contributed by atoms with Crippen molar-refractivity contribution in [2.75, 3.05) is 18.1 Å². The standard InChI is InChI=1S/C36H37BrN2O8/c1-2-7-22(16-23-17-25(37)13-15-31(23)41)12-14-32(42)33-24(21-47-28-10-4-3-5-11-28)18-29-34(30(33)20-40)36(44)38(35(29)43)26-8-6-9-27(19-26)39(45)46/h3-6,8-11,13,15-17,19,29-30,32,34,40-42H,2,7,12,14,18,20-21H2,1H3/b22-16+/t29-,30+,32-,34-/m1/s1. The lowest BCUT2D eigenvalue weighted by atomic mass is 9.68. The zero-order valence-corrected chi connectivity index (χ0v) is 27.5. The van der Waals surface area contributed by atoms with E-state index in [-0.39, 0.29) is 36.6 Å². The van der Waals surface area contributed by atoms with Gasteiger partial charge in [-0.2, -0.15) is 0 Å². The molecule has 0 bridgehead atoms. The number of aromatic hydroxyl groups is 1. The number of hydrogen-bond acceptors (Lipinski definition) is 8. The van der Waals surface area contributed by atoms with Crippen LogP contribution >= 0.6 is 15.9 Å². The zero-order valence-electron chi connectivity index (χ0n) is 25.9. The minimum atomic E-state index is -1.06. The normalized spacial score (nSPS) is 20.4. The van der Waals surface area contributed by atoms with Gasteiger partial charge in [0, 0.05) is 28.1 Å². The SMILES string of the molecule is CCC/C(=C\c1cc(Br)ccc1O)CC[C@@H](O)C1=C(COc2ccccc2)C[C@H]2C(=O)N(c3cccc([N+](=O)[O-])c3)C(=O)[C@H]2[C@H]1CO. The number of rotatable bonds is 13.